The second-order valence-corrected chi connectivity index (χ2v) is 11.2. The fourth-order valence-electron chi connectivity index (χ4n) is 4.74. The Morgan fingerprint density at radius 2 is 1.00 bits per heavy atom. The van der Waals surface area contributed by atoms with Gasteiger partial charge in [-0.2, -0.15) is 0 Å². The molecule has 0 N–H and O–H groups in total. The Morgan fingerprint density at radius 3 is 1.45 bits per heavy atom. The second-order valence-electron chi connectivity index (χ2n) is 11.2. The number of carbonyl (C=O) groups excluding carboxylic acids is 3. The molecule has 0 bridgehead atoms. The zero-order valence-corrected chi connectivity index (χ0v) is 27.2. The fraction of sp³-hybridized carbons (Fsp3) is 0.658. The third-order valence-electron chi connectivity index (χ3n) is 7.37. The van der Waals surface area contributed by atoms with Gasteiger partial charge in [0.2, 0.25) is 5.78 Å². The molecule has 0 aromatic rings. The van der Waals surface area contributed by atoms with Crippen LogP contribution in [0.4, 0.5) is 0 Å². The first-order valence-electron chi connectivity index (χ1n) is 17.1. The van der Waals surface area contributed by atoms with Gasteiger partial charge in [-0.15, -0.1) is 0 Å². The summed E-state index contributed by atoms with van der Waals surface area (Å²) in [5, 5.41) is 0. The first-order valence-corrected chi connectivity index (χ1v) is 17.1. The highest BCUT2D eigenvalue weighted by atomic mass is 16.5. The van der Waals surface area contributed by atoms with Gasteiger partial charge < -0.3 is 4.74 Å². The van der Waals surface area contributed by atoms with Crippen molar-refractivity contribution in [3.63, 3.8) is 0 Å². The van der Waals surface area contributed by atoms with E-state index < -0.39 is 23.5 Å². The molecule has 0 saturated carbocycles. The van der Waals surface area contributed by atoms with Gasteiger partial charge in [-0.25, -0.2) is 0 Å². The SMILES string of the molecule is C=COC(=O)C(CCCCCC/C=C\C/C=C\CCCCC)C(=O)C(=O)CCCCCC/C=C\C/C=C\CCCCC. The van der Waals surface area contributed by atoms with E-state index >= 15 is 0 Å². The standard InChI is InChI=1S/C38H62O4/c1-4-7-9-11-13-15-17-19-21-23-25-27-29-31-33-35(38(41)42-6-3)37(40)36(39)34-32-30-28-26-24-22-20-18-16-14-12-10-8-5-2/h6,13-16,19-22,35H,3-5,7-12,17-18,23-34H2,1-2H3/b15-13-,16-14-,21-19-,22-20-. The van der Waals surface area contributed by atoms with Crippen molar-refractivity contribution in [3.05, 3.63) is 61.4 Å². The van der Waals surface area contributed by atoms with Crippen LogP contribution < -0.4 is 0 Å². The van der Waals surface area contributed by atoms with Crippen LogP contribution in [0.15, 0.2) is 61.4 Å². The van der Waals surface area contributed by atoms with E-state index in [0.717, 1.165) is 76.9 Å². The first kappa shape index (κ1) is 39.5. The molecule has 1 atom stereocenters. The van der Waals surface area contributed by atoms with Crippen molar-refractivity contribution in [1.29, 1.82) is 0 Å². The lowest BCUT2D eigenvalue weighted by Crippen LogP contribution is -2.31. The van der Waals surface area contributed by atoms with Gasteiger partial charge in [0.05, 0.1) is 6.26 Å². The van der Waals surface area contributed by atoms with Crippen LogP contribution in [0.2, 0.25) is 0 Å². The summed E-state index contributed by atoms with van der Waals surface area (Å²) in [6, 6.07) is 0. The molecule has 0 radical (unpaired) electrons. The molecule has 4 heteroatoms. The molecule has 42 heavy (non-hydrogen) atoms. The Kier molecular flexibility index (Phi) is 29.6. The maximum Gasteiger partial charge on any atom is 0.321 e. The van der Waals surface area contributed by atoms with Crippen molar-refractivity contribution in [1.82, 2.24) is 0 Å². The Hall–Kier alpha value is -2.49. The number of allylic oxidation sites excluding steroid dienone is 8. The Balaban J connectivity index is 4.10. The van der Waals surface area contributed by atoms with E-state index in [4.69, 9.17) is 4.74 Å². The Morgan fingerprint density at radius 1 is 0.571 bits per heavy atom. The van der Waals surface area contributed by atoms with E-state index in [-0.39, 0.29) is 6.42 Å². The van der Waals surface area contributed by atoms with Crippen molar-refractivity contribution < 1.29 is 19.1 Å². The van der Waals surface area contributed by atoms with Crippen LogP contribution in [0.3, 0.4) is 0 Å². The van der Waals surface area contributed by atoms with Gasteiger partial charge in [0.25, 0.3) is 0 Å². The van der Waals surface area contributed by atoms with Crippen molar-refractivity contribution in [2.45, 2.75) is 155 Å². The highest BCUT2D eigenvalue weighted by molar-refractivity contribution is 6.41. The average molecular weight is 583 g/mol. The summed E-state index contributed by atoms with van der Waals surface area (Å²) < 4.78 is 4.90. The molecular formula is C38H62O4. The summed E-state index contributed by atoms with van der Waals surface area (Å²) in [6.07, 6.45) is 41.1. The topological polar surface area (TPSA) is 60.4 Å². The van der Waals surface area contributed by atoms with Crippen LogP contribution in [0.25, 0.3) is 0 Å². The Labute approximate surface area is 258 Å². The molecule has 0 amide bonds. The average Bonchev–Trinajstić information content (AvgIpc) is 2.99. The number of hydrogen-bond donors (Lipinski definition) is 0. The molecule has 0 saturated heterocycles. The monoisotopic (exact) mass is 582 g/mol. The van der Waals surface area contributed by atoms with Gasteiger partial charge in [-0.3, -0.25) is 14.4 Å². The predicted molar refractivity (Wildman–Crippen MR) is 179 cm³/mol. The van der Waals surface area contributed by atoms with E-state index in [1.807, 2.05) is 0 Å². The fourth-order valence-corrected chi connectivity index (χ4v) is 4.74. The van der Waals surface area contributed by atoms with E-state index in [0.29, 0.717) is 12.8 Å². The number of hydrogen-bond acceptors (Lipinski definition) is 4. The summed E-state index contributed by atoms with van der Waals surface area (Å²) in [7, 11) is 0. The molecule has 0 rings (SSSR count). The summed E-state index contributed by atoms with van der Waals surface area (Å²) in [5.74, 6) is -2.71. The third kappa shape index (κ3) is 25.2. The molecule has 0 fully saturated rings. The maximum absolute atomic E-state index is 12.8. The van der Waals surface area contributed by atoms with Gasteiger partial charge in [0.15, 0.2) is 5.78 Å². The molecule has 0 spiro atoms. The van der Waals surface area contributed by atoms with E-state index in [1.165, 1.54) is 51.4 Å². The van der Waals surface area contributed by atoms with Crippen molar-refractivity contribution in [2.24, 2.45) is 5.92 Å². The number of ketones is 2. The number of rotatable bonds is 30. The quantitative estimate of drug-likeness (QED) is 0.0211. The smallest absolute Gasteiger partial charge is 0.321 e. The minimum absolute atomic E-state index is 0.204. The van der Waals surface area contributed by atoms with Gasteiger partial charge in [-0.05, 0) is 77.0 Å². The highest BCUT2D eigenvalue weighted by Gasteiger charge is 2.31. The Bertz CT molecular complexity index is 802. The molecule has 238 valence electrons. The van der Waals surface area contributed by atoms with Gasteiger partial charge in [0.1, 0.15) is 5.92 Å². The minimum atomic E-state index is -1.01. The van der Waals surface area contributed by atoms with E-state index in [9.17, 15) is 14.4 Å². The highest BCUT2D eigenvalue weighted by Crippen LogP contribution is 2.17. The molecule has 4 nitrogen and oxygen atoms in total. The zero-order valence-electron chi connectivity index (χ0n) is 27.2. The first-order chi connectivity index (χ1) is 20.6. The number of Topliss-reactive ketones (excluding diaryl/α,β-unsaturated/α-hetero) is 2. The second kappa shape index (κ2) is 31.4. The third-order valence-corrected chi connectivity index (χ3v) is 7.37. The van der Waals surface area contributed by atoms with E-state index in [1.54, 1.807) is 0 Å². The molecule has 0 aliphatic carbocycles. The molecule has 0 aromatic heterocycles. The van der Waals surface area contributed by atoms with Crippen LogP contribution >= 0.6 is 0 Å². The van der Waals surface area contributed by atoms with Crippen LogP contribution in [0.5, 0.6) is 0 Å². The lowest BCUT2D eigenvalue weighted by molar-refractivity contribution is -0.151. The summed E-state index contributed by atoms with van der Waals surface area (Å²) in [6.45, 7) is 7.87. The maximum atomic E-state index is 12.8. The van der Waals surface area contributed by atoms with Crippen molar-refractivity contribution in [3.8, 4) is 0 Å². The molecular weight excluding hydrogens is 520 g/mol. The van der Waals surface area contributed by atoms with Gasteiger partial charge in [-0.1, -0.05) is 127 Å². The van der Waals surface area contributed by atoms with Gasteiger partial charge >= 0.3 is 5.97 Å². The lowest BCUT2D eigenvalue weighted by Gasteiger charge is -2.13. The van der Waals surface area contributed by atoms with Crippen molar-refractivity contribution >= 4 is 17.5 Å². The number of esters is 1. The zero-order chi connectivity index (χ0) is 30.9. The molecule has 0 heterocycles. The van der Waals surface area contributed by atoms with Crippen LogP contribution in [-0.2, 0) is 19.1 Å². The van der Waals surface area contributed by atoms with Gasteiger partial charge in [0, 0.05) is 6.42 Å². The van der Waals surface area contributed by atoms with Crippen LogP contribution in [0.1, 0.15) is 155 Å². The molecule has 0 aromatic carbocycles. The summed E-state index contributed by atoms with van der Waals surface area (Å²) in [4.78, 5) is 37.7. The number of unbranched alkanes of at least 4 members (excludes halogenated alkanes) is 14. The van der Waals surface area contributed by atoms with Crippen LogP contribution in [0, 0.1) is 5.92 Å². The van der Waals surface area contributed by atoms with Crippen molar-refractivity contribution in [2.75, 3.05) is 0 Å². The molecule has 0 aliphatic heterocycles. The largest absolute Gasteiger partial charge is 0.435 e. The van der Waals surface area contributed by atoms with Crippen LogP contribution in [-0.4, -0.2) is 17.5 Å². The summed E-state index contributed by atoms with van der Waals surface area (Å²) in [5.41, 5.74) is 0. The normalized spacial score (nSPS) is 12.6. The predicted octanol–water partition coefficient (Wildman–Crippen LogP) is 11.3. The minimum Gasteiger partial charge on any atom is -0.435 e. The summed E-state index contributed by atoms with van der Waals surface area (Å²) >= 11 is 0. The van der Waals surface area contributed by atoms with E-state index in [2.05, 4.69) is 69.0 Å². The molecule has 1 unspecified atom stereocenters. The number of ether oxygens (including phenoxy) is 1. The number of carbonyl (C=O) groups is 3. The lowest BCUT2D eigenvalue weighted by atomic mass is 9.92. The molecule has 0 aliphatic rings.